The molecule has 1 saturated heterocycles. The molecule has 6 nitrogen and oxygen atoms in total. The lowest BCUT2D eigenvalue weighted by atomic mass is 10.1. The number of fused-ring (bicyclic) bond motifs is 1. The fraction of sp³-hybridized carbons (Fsp3) is 0.478. The first kappa shape index (κ1) is 21.2. The molecule has 0 unspecified atom stereocenters. The van der Waals surface area contributed by atoms with Gasteiger partial charge >= 0.3 is 0 Å². The maximum Gasteiger partial charge on any atom is 0.146 e. The molecule has 1 aliphatic heterocycles. The van der Waals surface area contributed by atoms with Gasteiger partial charge in [-0.05, 0) is 44.6 Å². The first-order chi connectivity index (χ1) is 14.5. The molecule has 0 radical (unpaired) electrons. The lowest BCUT2D eigenvalue weighted by molar-refractivity contribution is 0.0331. The van der Waals surface area contributed by atoms with Gasteiger partial charge < -0.3 is 15.0 Å². The van der Waals surface area contributed by atoms with Crippen molar-refractivity contribution in [1.29, 1.82) is 0 Å². The fourth-order valence-corrected chi connectivity index (χ4v) is 4.81. The largest absolute Gasteiger partial charge is 0.379 e. The first-order valence-corrected chi connectivity index (χ1v) is 11.3. The Morgan fingerprint density at radius 3 is 2.47 bits per heavy atom. The van der Waals surface area contributed by atoms with Crippen LogP contribution in [0, 0.1) is 13.8 Å². The highest BCUT2D eigenvalue weighted by atomic mass is 32.1. The molecule has 3 heterocycles. The van der Waals surface area contributed by atoms with E-state index < -0.39 is 0 Å². The molecule has 0 saturated carbocycles. The summed E-state index contributed by atoms with van der Waals surface area (Å²) >= 11 is 1.76. The summed E-state index contributed by atoms with van der Waals surface area (Å²) in [6.07, 6.45) is 0. The van der Waals surface area contributed by atoms with Crippen molar-refractivity contribution in [2.45, 2.75) is 33.5 Å². The van der Waals surface area contributed by atoms with Crippen LogP contribution in [-0.4, -0.2) is 60.2 Å². The van der Waals surface area contributed by atoms with E-state index >= 15 is 0 Å². The molecular weight excluding hydrogens is 394 g/mol. The number of ether oxygens (including phenoxy) is 1. The standard InChI is InChI=1S/C23H31N5OS/c1-16-17(2)30-23-21(16)22(25-20(26-23)15-28-9-11-29-12-10-28)24-13-18-5-7-19(8-6-18)14-27(3)4/h5-8H,9-15H2,1-4H3,(H,24,25,26). The van der Waals surface area contributed by atoms with Gasteiger partial charge in [-0.3, -0.25) is 4.90 Å². The van der Waals surface area contributed by atoms with Crippen LogP contribution in [0.5, 0.6) is 0 Å². The molecule has 160 valence electrons. The molecular formula is C23H31N5OS. The van der Waals surface area contributed by atoms with Gasteiger partial charge in [-0.15, -0.1) is 11.3 Å². The smallest absolute Gasteiger partial charge is 0.146 e. The van der Waals surface area contributed by atoms with E-state index in [2.05, 4.69) is 67.3 Å². The lowest BCUT2D eigenvalue weighted by Gasteiger charge is -2.25. The van der Waals surface area contributed by atoms with Crippen molar-refractivity contribution in [1.82, 2.24) is 19.8 Å². The maximum atomic E-state index is 5.47. The number of hydrogen-bond donors (Lipinski definition) is 1. The predicted octanol–water partition coefficient (Wildman–Crippen LogP) is 3.81. The Kier molecular flexibility index (Phi) is 6.63. The van der Waals surface area contributed by atoms with Crippen LogP contribution in [0.25, 0.3) is 10.2 Å². The Morgan fingerprint density at radius 1 is 1.07 bits per heavy atom. The van der Waals surface area contributed by atoms with E-state index in [9.17, 15) is 0 Å². The first-order valence-electron chi connectivity index (χ1n) is 10.5. The number of rotatable bonds is 7. The number of nitrogens with zero attached hydrogens (tertiary/aromatic N) is 4. The van der Waals surface area contributed by atoms with Crippen LogP contribution in [0.15, 0.2) is 24.3 Å². The van der Waals surface area contributed by atoms with Gasteiger partial charge in [0.15, 0.2) is 0 Å². The Labute approximate surface area is 182 Å². The number of benzene rings is 1. The summed E-state index contributed by atoms with van der Waals surface area (Å²) in [7, 11) is 4.19. The number of aryl methyl sites for hydroxylation is 2. The van der Waals surface area contributed by atoms with Crippen LogP contribution in [0.2, 0.25) is 0 Å². The monoisotopic (exact) mass is 425 g/mol. The van der Waals surface area contributed by atoms with Crippen LogP contribution >= 0.6 is 11.3 Å². The van der Waals surface area contributed by atoms with E-state index in [-0.39, 0.29) is 0 Å². The van der Waals surface area contributed by atoms with E-state index in [1.165, 1.54) is 21.6 Å². The van der Waals surface area contributed by atoms with Crippen molar-refractivity contribution in [2.24, 2.45) is 0 Å². The number of anilines is 1. The zero-order valence-electron chi connectivity index (χ0n) is 18.4. The van der Waals surface area contributed by atoms with Gasteiger partial charge in [0.1, 0.15) is 16.5 Å². The molecule has 1 fully saturated rings. The average molecular weight is 426 g/mol. The lowest BCUT2D eigenvalue weighted by Crippen LogP contribution is -2.36. The maximum absolute atomic E-state index is 5.47. The summed E-state index contributed by atoms with van der Waals surface area (Å²) in [4.78, 5) is 16.8. The molecule has 7 heteroatoms. The van der Waals surface area contributed by atoms with Gasteiger partial charge in [0.05, 0.1) is 25.1 Å². The second kappa shape index (κ2) is 9.39. The molecule has 0 aliphatic carbocycles. The third-order valence-electron chi connectivity index (χ3n) is 5.53. The molecule has 4 rings (SSSR count). The van der Waals surface area contributed by atoms with E-state index in [0.717, 1.165) is 67.8 Å². The Bertz CT molecular complexity index is 993. The summed E-state index contributed by atoms with van der Waals surface area (Å²) in [5.74, 6) is 1.83. The summed E-state index contributed by atoms with van der Waals surface area (Å²) in [5, 5.41) is 4.76. The molecule has 2 aromatic heterocycles. The van der Waals surface area contributed by atoms with Crippen molar-refractivity contribution < 1.29 is 4.74 Å². The summed E-state index contributed by atoms with van der Waals surface area (Å²) in [6.45, 7) is 10.2. The highest BCUT2D eigenvalue weighted by Crippen LogP contribution is 2.33. The summed E-state index contributed by atoms with van der Waals surface area (Å²) < 4.78 is 5.47. The molecule has 0 bridgehead atoms. The van der Waals surface area contributed by atoms with Crippen molar-refractivity contribution in [3.05, 3.63) is 51.7 Å². The SMILES string of the molecule is Cc1sc2nc(CN3CCOCC3)nc(NCc3ccc(CN(C)C)cc3)c2c1C. The minimum atomic E-state index is 0.750. The molecule has 30 heavy (non-hydrogen) atoms. The molecule has 1 aromatic carbocycles. The Hall–Kier alpha value is -2.06. The minimum Gasteiger partial charge on any atom is -0.379 e. The van der Waals surface area contributed by atoms with Crippen LogP contribution in [-0.2, 0) is 24.4 Å². The van der Waals surface area contributed by atoms with E-state index in [1.807, 2.05) is 0 Å². The van der Waals surface area contributed by atoms with Gasteiger partial charge in [-0.25, -0.2) is 9.97 Å². The Morgan fingerprint density at radius 2 is 1.77 bits per heavy atom. The van der Waals surface area contributed by atoms with Gasteiger partial charge in [0, 0.05) is 31.1 Å². The number of nitrogens with one attached hydrogen (secondary N) is 1. The van der Waals surface area contributed by atoms with Gasteiger partial charge in [-0.2, -0.15) is 0 Å². The van der Waals surface area contributed by atoms with Crippen LogP contribution in [0.4, 0.5) is 5.82 Å². The molecule has 0 amide bonds. The highest BCUT2D eigenvalue weighted by Gasteiger charge is 2.17. The summed E-state index contributed by atoms with van der Waals surface area (Å²) in [6, 6.07) is 8.81. The third kappa shape index (κ3) is 4.98. The van der Waals surface area contributed by atoms with E-state index in [4.69, 9.17) is 14.7 Å². The van der Waals surface area contributed by atoms with Gasteiger partial charge in [0.25, 0.3) is 0 Å². The summed E-state index contributed by atoms with van der Waals surface area (Å²) in [5.41, 5.74) is 3.85. The molecule has 1 aliphatic rings. The van der Waals surface area contributed by atoms with Gasteiger partial charge in [-0.1, -0.05) is 24.3 Å². The number of morpholine rings is 1. The Balaban J connectivity index is 1.55. The quantitative estimate of drug-likeness (QED) is 0.621. The molecule has 1 N–H and O–H groups in total. The highest BCUT2D eigenvalue weighted by molar-refractivity contribution is 7.18. The molecule has 3 aromatic rings. The van der Waals surface area contributed by atoms with Gasteiger partial charge in [0.2, 0.25) is 0 Å². The predicted molar refractivity (Wildman–Crippen MR) is 124 cm³/mol. The van der Waals surface area contributed by atoms with Crippen molar-refractivity contribution in [3.8, 4) is 0 Å². The van der Waals surface area contributed by atoms with Crippen LogP contribution < -0.4 is 5.32 Å². The second-order valence-electron chi connectivity index (χ2n) is 8.25. The number of hydrogen-bond acceptors (Lipinski definition) is 7. The molecule has 0 spiro atoms. The topological polar surface area (TPSA) is 53.5 Å². The van der Waals surface area contributed by atoms with Crippen molar-refractivity contribution in [2.75, 3.05) is 45.7 Å². The van der Waals surface area contributed by atoms with Crippen molar-refractivity contribution >= 4 is 27.4 Å². The zero-order valence-corrected chi connectivity index (χ0v) is 19.2. The van der Waals surface area contributed by atoms with E-state index in [0.29, 0.717) is 0 Å². The van der Waals surface area contributed by atoms with Crippen LogP contribution in [0.1, 0.15) is 27.4 Å². The van der Waals surface area contributed by atoms with Crippen LogP contribution in [0.3, 0.4) is 0 Å². The average Bonchev–Trinajstić information content (AvgIpc) is 3.01. The van der Waals surface area contributed by atoms with Crippen molar-refractivity contribution in [3.63, 3.8) is 0 Å². The third-order valence-corrected chi connectivity index (χ3v) is 6.63. The normalized spacial score (nSPS) is 15.2. The molecule has 0 atom stereocenters. The number of aromatic nitrogens is 2. The minimum absolute atomic E-state index is 0.750. The second-order valence-corrected chi connectivity index (χ2v) is 9.45. The zero-order chi connectivity index (χ0) is 21.1. The number of thiophene rings is 1. The van der Waals surface area contributed by atoms with E-state index in [1.54, 1.807) is 11.3 Å². The fourth-order valence-electron chi connectivity index (χ4n) is 3.77.